The van der Waals surface area contributed by atoms with Crippen LogP contribution in [0.25, 0.3) is 5.76 Å². The average molecular weight is 466 g/mol. The average Bonchev–Trinajstić information content (AvgIpc) is 3.46. The zero-order valence-electron chi connectivity index (χ0n) is 18.1. The van der Waals surface area contributed by atoms with Crippen molar-refractivity contribution >= 4 is 23.1 Å². The van der Waals surface area contributed by atoms with E-state index >= 15 is 0 Å². The van der Waals surface area contributed by atoms with E-state index in [-0.39, 0.29) is 29.7 Å². The number of carbonyl (C=O) groups excluding carboxylic acids is 2. The highest BCUT2D eigenvalue weighted by molar-refractivity contribution is 6.46. The maximum Gasteiger partial charge on any atom is 0.295 e. The molecule has 0 radical (unpaired) electrons. The molecule has 2 unspecified atom stereocenters. The number of amides is 1. The van der Waals surface area contributed by atoms with Crippen molar-refractivity contribution in [3.8, 4) is 11.5 Å². The molecule has 2 atom stereocenters. The van der Waals surface area contributed by atoms with E-state index in [1.807, 2.05) is 0 Å². The molecule has 34 heavy (non-hydrogen) atoms. The van der Waals surface area contributed by atoms with Crippen molar-refractivity contribution in [3.05, 3.63) is 69.3 Å². The number of ether oxygens (including phenoxy) is 3. The summed E-state index contributed by atoms with van der Waals surface area (Å²) < 4.78 is 16.8. The summed E-state index contributed by atoms with van der Waals surface area (Å²) in [7, 11) is 0. The van der Waals surface area contributed by atoms with Crippen molar-refractivity contribution in [2.45, 2.75) is 25.0 Å². The van der Waals surface area contributed by atoms with E-state index in [2.05, 4.69) is 0 Å². The lowest BCUT2D eigenvalue weighted by atomic mass is 9.95. The summed E-state index contributed by atoms with van der Waals surface area (Å²) in [5.41, 5.74) is 0.563. The van der Waals surface area contributed by atoms with Gasteiger partial charge in [-0.2, -0.15) is 0 Å². The van der Waals surface area contributed by atoms with Crippen LogP contribution in [0, 0.1) is 10.1 Å². The summed E-state index contributed by atoms with van der Waals surface area (Å²) in [5, 5.41) is 22.3. The minimum Gasteiger partial charge on any atom is -0.507 e. The normalized spacial score (nSPS) is 23.4. The number of hydrogen-bond donors (Lipinski definition) is 1. The number of nitro benzene ring substituents is 1. The predicted molar refractivity (Wildman–Crippen MR) is 119 cm³/mol. The SMILES string of the molecule is O=C1C(=O)N(CC2CCCO2)C(c2ccc([N+](=O)[O-])cc2)C1=C(O)c1ccc2c(c1)OCCO2. The number of rotatable bonds is 5. The van der Waals surface area contributed by atoms with Gasteiger partial charge in [0.2, 0.25) is 0 Å². The lowest BCUT2D eigenvalue weighted by molar-refractivity contribution is -0.384. The third kappa shape index (κ3) is 3.86. The van der Waals surface area contributed by atoms with Gasteiger partial charge in [0.1, 0.15) is 19.0 Å². The predicted octanol–water partition coefficient (Wildman–Crippen LogP) is 2.97. The van der Waals surface area contributed by atoms with Gasteiger partial charge in [0.05, 0.1) is 22.6 Å². The van der Waals surface area contributed by atoms with Crippen LogP contribution in [0.3, 0.4) is 0 Å². The molecule has 2 aromatic rings. The highest BCUT2D eigenvalue weighted by Gasteiger charge is 2.47. The summed E-state index contributed by atoms with van der Waals surface area (Å²) in [5.74, 6) is -0.982. The van der Waals surface area contributed by atoms with E-state index < -0.39 is 22.7 Å². The first-order valence-electron chi connectivity index (χ1n) is 11.0. The maximum atomic E-state index is 13.1. The van der Waals surface area contributed by atoms with Crippen LogP contribution >= 0.6 is 0 Å². The number of ketones is 1. The molecule has 10 nitrogen and oxygen atoms in total. The Morgan fingerprint density at radius 3 is 2.47 bits per heavy atom. The Hall–Kier alpha value is -3.92. The molecule has 0 aromatic heterocycles. The van der Waals surface area contributed by atoms with Crippen LogP contribution in [0.1, 0.15) is 30.0 Å². The molecule has 3 aliphatic rings. The number of hydrogen-bond acceptors (Lipinski definition) is 8. The van der Waals surface area contributed by atoms with Crippen LogP contribution in [0.15, 0.2) is 48.0 Å². The van der Waals surface area contributed by atoms with E-state index in [0.717, 1.165) is 12.8 Å². The Kier molecular flexibility index (Phi) is 5.66. The number of aliphatic hydroxyl groups excluding tert-OH is 1. The zero-order valence-corrected chi connectivity index (χ0v) is 18.1. The highest BCUT2D eigenvalue weighted by atomic mass is 16.6. The first kappa shape index (κ1) is 21.9. The molecular weight excluding hydrogens is 444 g/mol. The molecule has 0 aliphatic carbocycles. The number of nitro groups is 1. The molecule has 5 rings (SSSR count). The largest absolute Gasteiger partial charge is 0.507 e. The smallest absolute Gasteiger partial charge is 0.295 e. The van der Waals surface area contributed by atoms with Crippen molar-refractivity contribution in [2.24, 2.45) is 0 Å². The molecule has 2 aromatic carbocycles. The topological polar surface area (TPSA) is 128 Å². The zero-order chi connectivity index (χ0) is 23.8. The van der Waals surface area contributed by atoms with Gasteiger partial charge >= 0.3 is 0 Å². The molecular formula is C24H22N2O8. The number of Topliss-reactive ketones (excluding diaryl/α,β-unsaturated/α-hetero) is 1. The Morgan fingerprint density at radius 2 is 1.79 bits per heavy atom. The molecule has 1 amide bonds. The standard InChI is InChI=1S/C24H22N2O8/c27-22(15-5-8-18-19(12-15)34-11-10-33-18)20-21(14-3-6-16(7-4-14)26(30)31)25(24(29)23(20)28)13-17-2-1-9-32-17/h3-8,12,17,21,27H,1-2,9-11,13H2. The fourth-order valence-corrected chi connectivity index (χ4v) is 4.55. The molecule has 0 bridgehead atoms. The highest BCUT2D eigenvalue weighted by Crippen LogP contribution is 2.42. The fraction of sp³-hybridized carbons (Fsp3) is 0.333. The number of carbonyl (C=O) groups is 2. The Labute approximate surface area is 194 Å². The summed E-state index contributed by atoms with van der Waals surface area (Å²) >= 11 is 0. The number of fused-ring (bicyclic) bond motifs is 1. The van der Waals surface area contributed by atoms with Gasteiger partial charge in [0.25, 0.3) is 17.4 Å². The molecule has 3 aliphatic heterocycles. The van der Waals surface area contributed by atoms with Gasteiger partial charge in [0.15, 0.2) is 11.5 Å². The van der Waals surface area contributed by atoms with Crippen molar-refractivity contribution in [1.29, 1.82) is 0 Å². The second-order valence-electron chi connectivity index (χ2n) is 8.29. The number of non-ortho nitro benzene ring substituents is 1. The summed E-state index contributed by atoms with van der Waals surface area (Å²) in [6.45, 7) is 1.51. The second-order valence-corrected chi connectivity index (χ2v) is 8.29. The number of aliphatic hydroxyl groups is 1. The minimum atomic E-state index is -0.918. The minimum absolute atomic E-state index is 0.0893. The molecule has 1 N–H and O–H groups in total. The first-order chi connectivity index (χ1) is 16.4. The van der Waals surface area contributed by atoms with E-state index in [1.165, 1.54) is 29.2 Å². The molecule has 2 saturated heterocycles. The Morgan fingerprint density at radius 1 is 1.06 bits per heavy atom. The van der Waals surface area contributed by atoms with Gasteiger partial charge in [-0.1, -0.05) is 0 Å². The van der Waals surface area contributed by atoms with Crippen LogP contribution in [-0.2, 0) is 14.3 Å². The molecule has 10 heteroatoms. The van der Waals surface area contributed by atoms with Crippen LogP contribution in [-0.4, -0.2) is 59.1 Å². The number of likely N-dealkylation sites (tertiary alicyclic amines) is 1. The van der Waals surface area contributed by atoms with Gasteiger partial charge < -0.3 is 24.2 Å². The maximum absolute atomic E-state index is 13.1. The molecule has 176 valence electrons. The summed E-state index contributed by atoms with van der Waals surface area (Å²) in [6.07, 6.45) is 1.37. The summed E-state index contributed by atoms with van der Waals surface area (Å²) in [6, 6.07) is 9.47. The molecule has 0 spiro atoms. The lowest BCUT2D eigenvalue weighted by Gasteiger charge is -2.27. The third-order valence-electron chi connectivity index (χ3n) is 6.20. The lowest BCUT2D eigenvalue weighted by Crippen LogP contribution is -2.36. The molecule has 2 fully saturated rings. The van der Waals surface area contributed by atoms with Gasteiger partial charge in [-0.15, -0.1) is 0 Å². The number of nitrogens with zero attached hydrogens (tertiary/aromatic N) is 2. The third-order valence-corrected chi connectivity index (χ3v) is 6.20. The van der Waals surface area contributed by atoms with Crippen LogP contribution < -0.4 is 9.47 Å². The van der Waals surface area contributed by atoms with E-state index in [9.17, 15) is 24.8 Å². The first-order valence-corrected chi connectivity index (χ1v) is 11.0. The molecule has 3 heterocycles. The van der Waals surface area contributed by atoms with Crippen LogP contribution in [0.2, 0.25) is 0 Å². The van der Waals surface area contributed by atoms with Gasteiger partial charge in [-0.05, 0) is 48.7 Å². The number of benzene rings is 2. The van der Waals surface area contributed by atoms with Crippen molar-refractivity contribution in [2.75, 3.05) is 26.4 Å². The van der Waals surface area contributed by atoms with E-state index in [4.69, 9.17) is 14.2 Å². The molecule has 0 saturated carbocycles. The summed E-state index contributed by atoms with van der Waals surface area (Å²) in [4.78, 5) is 38.1. The van der Waals surface area contributed by atoms with Crippen molar-refractivity contribution in [1.82, 2.24) is 4.90 Å². The van der Waals surface area contributed by atoms with Crippen LogP contribution in [0.5, 0.6) is 11.5 Å². The van der Waals surface area contributed by atoms with Crippen LogP contribution in [0.4, 0.5) is 5.69 Å². The quantitative estimate of drug-likeness (QED) is 0.234. The van der Waals surface area contributed by atoms with Gasteiger partial charge in [-0.25, -0.2) is 0 Å². The Balaban J connectivity index is 1.60. The van der Waals surface area contributed by atoms with E-state index in [0.29, 0.717) is 42.4 Å². The monoisotopic (exact) mass is 466 g/mol. The second kappa shape index (κ2) is 8.79. The van der Waals surface area contributed by atoms with E-state index in [1.54, 1.807) is 18.2 Å². The van der Waals surface area contributed by atoms with Crippen molar-refractivity contribution < 1.29 is 33.8 Å². The van der Waals surface area contributed by atoms with Crippen molar-refractivity contribution in [3.63, 3.8) is 0 Å². The van der Waals surface area contributed by atoms with Gasteiger partial charge in [-0.3, -0.25) is 19.7 Å². The fourth-order valence-electron chi connectivity index (χ4n) is 4.55. The Bertz CT molecular complexity index is 1180. The van der Waals surface area contributed by atoms with Gasteiger partial charge in [0, 0.05) is 30.8 Å².